The number of nitrogens with one attached hydrogen (secondary N) is 1. The van der Waals surface area contributed by atoms with Crippen LogP contribution in [0, 0.1) is 0 Å². The van der Waals surface area contributed by atoms with E-state index in [-0.39, 0.29) is 0 Å². The minimum atomic E-state index is -1.30. The second-order valence-electron chi connectivity index (χ2n) is 5.10. The number of hydrogen-bond donors (Lipinski definition) is 1. The summed E-state index contributed by atoms with van der Waals surface area (Å²) in [6.45, 7) is 8.47. The molecule has 0 aliphatic carbocycles. The van der Waals surface area contributed by atoms with E-state index >= 15 is 0 Å². The van der Waals surface area contributed by atoms with Crippen LogP contribution in [0.25, 0.3) is 0 Å². The molecule has 106 valence electrons. The zero-order valence-electron chi connectivity index (χ0n) is 12.3. The Morgan fingerprint density at radius 2 is 1.95 bits per heavy atom. The van der Waals surface area contributed by atoms with Gasteiger partial charge in [0.25, 0.3) is 0 Å². The monoisotopic (exact) mass is 283 g/mol. The van der Waals surface area contributed by atoms with E-state index in [1.807, 2.05) is 7.05 Å². The zero-order valence-corrected chi connectivity index (χ0v) is 13.2. The molecule has 0 bridgehead atoms. The molecule has 0 amide bonds. The normalized spacial score (nSPS) is 17.3. The third-order valence-corrected chi connectivity index (χ3v) is 7.14. The minimum absolute atomic E-state index is 0.842. The molecule has 4 nitrogen and oxygen atoms in total. The van der Waals surface area contributed by atoms with Crippen molar-refractivity contribution in [2.75, 3.05) is 59.1 Å². The van der Waals surface area contributed by atoms with Gasteiger partial charge in [-0.1, -0.05) is 0 Å². The molecule has 1 fully saturated rings. The van der Waals surface area contributed by atoms with E-state index in [4.69, 9.17) is 9.47 Å². The van der Waals surface area contributed by atoms with Gasteiger partial charge in [-0.3, -0.25) is 0 Å². The molecule has 1 N–H and O–H groups in total. The molecule has 0 saturated carbocycles. The van der Waals surface area contributed by atoms with Gasteiger partial charge in [0.1, 0.15) is 18.5 Å². The summed E-state index contributed by atoms with van der Waals surface area (Å²) in [6.07, 6.45) is 0. The summed E-state index contributed by atoms with van der Waals surface area (Å²) < 4.78 is 13.5. The van der Waals surface area contributed by atoms with Crippen molar-refractivity contribution in [1.82, 2.24) is 4.67 Å². The maximum Gasteiger partial charge on any atom is 0.145 e. The van der Waals surface area contributed by atoms with Gasteiger partial charge in [0.2, 0.25) is 0 Å². The maximum absolute atomic E-state index is 5.47. The van der Waals surface area contributed by atoms with Gasteiger partial charge in [0.05, 0.1) is 52.4 Å². The van der Waals surface area contributed by atoms with Gasteiger partial charge < -0.3 is 14.8 Å². The number of ether oxygens (including phenoxy) is 2. The summed E-state index contributed by atoms with van der Waals surface area (Å²) in [4.78, 5) is 0. The average molecular weight is 283 g/mol. The van der Waals surface area contributed by atoms with Gasteiger partial charge in [0, 0.05) is 13.1 Å². The van der Waals surface area contributed by atoms with E-state index in [9.17, 15) is 0 Å². The van der Waals surface area contributed by atoms with E-state index in [1.54, 1.807) is 7.11 Å². The van der Waals surface area contributed by atoms with E-state index in [2.05, 4.69) is 41.5 Å². The van der Waals surface area contributed by atoms with Crippen LogP contribution in [0.4, 0.5) is 5.69 Å². The number of morpholine rings is 1. The first-order valence-electron chi connectivity index (χ1n) is 6.63. The molecule has 1 aromatic carbocycles. The summed E-state index contributed by atoms with van der Waals surface area (Å²) in [5, 5.41) is 4.54. The number of benzene rings is 1. The molecule has 1 aliphatic heterocycles. The highest BCUT2D eigenvalue weighted by Gasteiger charge is 2.38. The van der Waals surface area contributed by atoms with Crippen molar-refractivity contribution >= 4 is 18.4 Å². The number of hydrogen-bond acceptors (Lipinski definition) is 4. The van der Waals surface area contributed by atoms with Gasteiger partial charge in [-0.05, 0) is 12.1 Å². The SMILES string of the molecule is CNc1ccc([P+](C)(C)N2CCOCC2)cc1OC. The molecule has 2 rings (SSSR count). The predicted molar refractivity (Wildman–Crippen MR) is 83.3 cm³/mol. The van der Waals surface area contributed by atoms with Crippen molar-refractivity contribution in [2.45, 2.75) is 0 Å². The highest BCUT2D eigenvalue weighted by atomic mass is 31.2. The molecule has 1 aliphatic rings. The van der Waals surface area contributed by atoms with Crippen molar-refractivity contribution in [3.05, 3.63) is 18.2 Å². The third-order valence-electron chi connectivity index (χ3n) is 3.78. The Kier molecular flexibility index (Phi) is 4.67. The van der Waals surface area contributed by atoms with E-state index in [1.165, 1.54) is 5.30 Å². The standard InChI is InChI=1S/C14H24N2O2P/c1-15-13-6-5-12(11-14(13)17-2)19(3,4)16-7-9-18-10-8-16/h5-6,11,15H,7-10H2,1-4H3/q+1. The van der Waals surface area contributed by atoms with Crippen molar-refractivity contribution in [2.24, 2.45) is 0 Å². The van der Waals surface area contributed by atoms with Crippen LogP contribution in [-0.2, 0) is 4.74 Å². The van der Waals surface area contributed by atoms with Gasteiger partial charge in [-0.2, -0.15) is 4.67 Å². The Morgan fingerprint density at radius 3 is 2.53 bits per heavy atom. The Hall–Kier alpha value is -0.830. The largest absolute Gasteiger partial charge is 0.494 e. The molecule has 0 aromatic heterocycles. The smallest absolute Gasteiger partial charge is 0.145 e. The minimum Gasteiger partial charge on any atom is -0.494 e. The molecule has 0 radical (unpaired) electrons. The van der Waals surface area contributed by atoms with Crippen LogP contribution >= 0.6 is 7.41 Å². The Bertz CT molecular complexity index is 431. The molecular formula is C14H24N2O2P+. The second-order valence-corrected chi connectivity index (χ2v) is 8.97. The van der Waals surface area contributed by atoms with Crippen LogP contribution in [-0.4, -0.2) is 58.5 Å². The molecule has 19 heavy (non-hydrogen) atoms. The first kappa shape index (κ1) is 14.6. The Morgan fingerprint density at radius 1 is 1.26 bits per heavy atom. The first-order valence-corrected chi connectivity index (χ1v) is 9.26. The van der Waals surface area contributed by atoms with Crippen LogP contribution < -0.4 is 15.4 Å². The molecule has 0 atom stereocenters. The number of rotatable bonds is 4. The Balaban J connectivity index is 2.28. The fourth-order valence-electron chi connectivity index (χ4n) is 2.44. The topological polar surface area (TPSA) is 33.7 Å². The molecule has 1 saturated heterocycles. The van der Waals surface area contributed by atoms with Crippen LogP contribution in [0.1, 0.15) is 0 Å². The quantitative estimate of drug-likeness (QED) is 0.856. The Labute approximate surface area is 116 Å². The molecule has 0 unspecified atom stereocenters. The molecule has 1 aromatic rings. The molecular weight excluding hydrogens is 259 g/mol. The first-order chi connectivity index (χ1) is 9.09. The third kappa shape index (κ3) is 3.02. The molecule has 5 heteroatoms. The lowest BCUT2D eigenvalue weighted by Crippen LogP contribution is -2.38. The van der Waals surface area contributed by atoms with Crippen LogP contribution in [0.5, 0.6) is 5.75 Å². The highest BCUT2D eigenvalue weighted by Crippen LogP contribution is 2.54. The van der Waals surface area contributed by atoms with Gasteiger partial charge in [-0.15, -0.1) is 0 Å². The van der Waals surface area contributed by atoms with Crippen molar-refractivity contribution in [3.8, 4) is 5.75 Å². The van der Waals surface area contributed by atoms with E-state index in [0.717, 1.165) is 37.7 Å². The predicted octanol–water partition coefficient (Wildman–Crippen LogP) is 1.89. The lowest BCUT2D eigenvalue weighted by Gasteiger charge is -2.34. The average Bonchev–Trinajstić information content (AvgIpc) is 2.47. The summed E-state index contributed by atoms with van der Waals surface area (Å²) in [5.74, 6) is 0.918. The van der Waals surface area contributed by atoms with Crippen molar-refractivity contribution < 1.29 is 9.47 Å². The van der Waals surface area contributed by atoms with Crippen LogP contribution in [0.3, 0.4) is 0 Å². The summed E-state index contributed by atoms with van der Waals surface area (Å²) >= 11 is 0. The van der Waals surface area contributed by atoms with Crippen molar-refractivity contribution in [1.29, 1.82) is 0 Å². The van der Waals surface area contributed by atoms with E-state index < -0.39 is 7.41 Å². The highest BCUT2D eigenvalue weighted by molar-refractivity contribution is 7.79. The van der Waals surface area contributed by atoms with Crippen LogP contribution in [0.15, 0.2) is 18.2 Å². The zero-order chi connectivity index (χ0) is 13.9. The fraction of sp³-hybridized carbons (Fsp3) is 0.571. The van der Waals surface area contributed by atoms with E-state index in [0.29, 0.717) is 0 Å². The lowest BCUT2D eigenvalue weighted by atomic mass is 10.3. The fourth-order valence-corrected chi connectivity index (χ4v) is 4.81. The van der Waals surface area contributed by atoms with Crippen molar-refractivity contribution in [3.63, 3.8) is 0 Å². The lowest BCUT2D eigenvalue weighted by molar-refractivity contribution is 0.0743. The van der Waals surface area contributed by atoms with Gasteiger partial charge >= 0.3 is 0 Å². The molecule has 1 heterocycles. The summed E-state index contributed by atoms with van der Waals surface area (Å²) in [6, 6.07) is 6.50. The maximum atomic E-state index is 5.47. The van der Waals surface area contributed by atoms with Crippen LogP contribution in [0.2, 0.25) is 0 Å². The van der Waals surface area contributed by atoms with Gasteiger partial charge in [0.15, 0.2) is 0 Å². The van der Waals surface area contributed by atoms with Gasteiger partial charge in [-0.25, -0.2) is 0 Å². The molecule has 0 spiro atoms. The number of nitrogens with zero attached hydrogens (tertiary/aromatic N) is 1. The number of anilines is 1. The summed E-state index contributed by atoms with van der Waals surface area (Å²) in [7, 11) is 2.34. The second kappa shape index (κ2) is 6.08. The number of methoxy groups -OCH3 is 1. The summed E-state index contributed by atoms with van der Waals surface area (Å²) in [5.41, 5.74) is 1.04.